The average Bonchev–Trinajstić information content (AvgIpc) is 3.09. The summed E-state index contributed by atoms with van der Waals surface area (Å²) in [5.74, 6) is -1.20. The number of halogens is 1. The number of hydrogen-bond acceptors (Lipinski definition) is 5. The van der Waals surface area contributed by atoms with E-state index < -0.39 is 34.3 Å². The van der Waals surface area contributed by atoms with E-state index >= 15 is 0 Å². The van der Waals surface area contributed by atoms with Crippen LogP contribution in [0.2, 0.25) is 0 Å². The van der Waals surface area contributed by atoms with Crippen LogP contribution in [0.5, 0.6) is 5.75 Å². The first-order valence-corrected chi connectivity index (χ1v) is 12.4. The monoisotopic (exact) mass is 588 g/mol. The fourth-order valence-electron chi connectivity index (χ4n) is 4.70. The molecule has 4 rings (SSSR count). The number of barbiturate groups is 1. The van der Waals surface area contributed by atoms with Crippen LogP contribution in [0.1, 0.15) is 47.1 Å². The Balaban J connectivity index is 2.16. The number of benzene rings is 1. The SMILES string of the molecule is CN1C(=O)N(C)C(=O)C2(Oc3ccc(I)cc3C2=C2C=C(C(C)(C)C)C(=O)C(C(C)(C)C)=C2)C1=O. The van der Waals surface area contributed by atoms with Crippen LogP contribution in [0.3, 0.4) is 0 Å². The van der Waals surface area contributed by atoms with Crippen molar-refractivity contribution in [1.82, 2.24) is 9.80 Å². The largest absolute Gasteiger partial charge is 0.462 e. The van der Waals surface area contributed by atoms with Crippen LogP contribution in [-0.4, -0.2) is 53.1 Å². The minimum Gasteiger partial charge on any atom is -0.462 e. The number of hydrogen-bond donors (Lipinski definition) is 0. The summed E-state index contributed by atoms with van der Waals surface area (Å²) in [6, 6.07) is 4.68. The Bertz CT molecular complexity index is 1240. The van der Waals surface area contributed by atoms with Gasteiger partial charge in [0.05, 0.1) is 0 Å². The molecule has 1 aromatic rings. The Kier molecular flexibility index (Phi) is 5.70. The zero-order valence-corrected chi connectivity index (χ0v) is 23.4. The van der Waals surface area contributed by atoms with Gasteiger partial charge in [-0.05, 0) is 69.3 Å². The van der Waals surface area contributed by atoms with Crippen LogP contribution >= 0.6 is 22.6 Å². The third kappa shape index (κ3) is 3.68. The average molecular weight is 588 g/mol. The van der Waals surface area contributed by atoms with Crippen molar-refractivity contribution < 1.29 is 23.9 Å². The van der Waals surface area contributed by atoms with Crippen molar-refractivity contribution in [3.8, 4) is 5.75 Å². The summed E-state index contributed by atoms with van der Waals surface area (Å²) < 4.78 is 7.09. The number of ether oxygens (including phenoxy) is 1. The predicted octanol–water partition coefficient (Wildman–Crippen LogP) is 4.75. The molecule has 184 valence electrons. The van der Waals surface area contributed by atoms with E-state index in [1.807, 2.05) is 53.7 Å². The van der Waals surface area contributed by atoms with E-state index in [1.165, 1.54) is 14.1 Å². The van der Waals surface area contributed by atoms with Gasteiger partial charge in [0.15, 0.2) is 5.78 Å². The second-order valence-electron chi connectivity index (χ2n) is 11.2. The molecule has 1 saturated heterocycles. The van der Waals surface area contributed by atoms with E-state index in [2.05, 4.69) is 22.6 Å². The van der Waals surface area contributed by atoms with Crippen molar-refractivity contribution in [2.45, 2.75) is 47.1 Å². The Morgan fingerprint density at radius 3 is 1.77 bits per heavy atom. The van der Waals surface area contributed by atoms with Crippen molar-refractivity contribution in [3.63, 3.8) is 0 Å². The molecule has 0 N–H and O–H groups in total. The number of Topliss-reactive ketones (excluding diaryl/α,β-unsaturated/α-hetero) is 1. The van der Waals surface area contributed by atoms with Gasteiger partial charge >= 0.3 is 6.03 Å². The molecule has 8 heteroatoms. The van der Waals surface area contributed by atoms with Crippen molar-refractivity contribution in [2.24, 2.45) is 10.8 Å². The summed E-state index contributed by atoms with van der Waals surface area (Å²) in [5, 5.41) is 0. The summed E-state index contributed by atoms with van der Waals surface area (Å²) in [5.41, 5.74) is -0.394. The van der Waals surface area contributed by atoms with E-state index in [9.17, 15) is 19.2 Å². The number of nitrogens with zero attached hydrogens (tertiary/aromatic N) is 2. The number of imide groups is 2. The minimum absolute atomic E-state index is 0.0594. The van der Waals surface area contributed by atoms with Crippen molar-refractivity contribution in [1.29, 1.82) is 0 Å². The summed E-state index contributed by atoms with van der Waals surface area (Å²) in [4.78, 5) is 55.4. The van der Waals surface area contributed by atoms with Crippen molar-refractivity contribution >= 4 is 51.8 Å². The van der Waals surface area contributed by atoms with E-state index in [-0.39, 0.29) is 5.78 Å². The fraction of sp³-hybridized carbons (Fsp3) is 0.407. The van der Waals surface area contributed by atoms with Gasteiger partial charge in [-0.25, -0.2) is 4.79 Å². The van der Waals surface area contributed by atoms with E-state index in [0.717, 1.165) is 13.4 Å². The molecule has 1 fully saturated rings. The fourth-order valence-corrected chi connectivity index (χ4v) is 5.19. The van der Waals surface area contributed by atoms with Gasteiger partial charge < -0.3 is 4.74 Å². The lowest BCUT2D eigenvalue weighted by molar-refractivity contribution is -0.157. The van der Waals surface area contributed by atoms with Gasteiger partial charge in [0.2, 0.25) is 0 Å². The zero-order valence-electron chi connectivity index (χ0n) is 21.2. The second-order valence-corrected chi connectivity index (χ2v) is 12.5. The molecule has 0 radical (unpaired) electrons. The highest BCUT2D eigenvalue weighted by Gasteiger charge is 2.64. The Morgan fingerprint density at radius 1 is 0.829 bits per heavy atom. The van der Waals surface area contributed by atoms with Crippen molar-refractivity contribution in [3.05, 3.63) is 56.2 Å². The molecule has 0 atom stereocenters. The number of likely N-dealkylation sites (N-methyl/N-ethyl adjacent to an activating group) is 2. The van der Waals surface area contributed by atoms with E-state index in [0.29, 0.717) is 33.6 Å². The normalized spacial score (nSPS) is 20.4. The molecule has 0 saturated carbocycles. The number of ketones is 1. The molecular formula is C27H29IN2O5. The molecule has 0 bridgehead atoms. The Labute approximate surface area is 219 Å². The van der Waals surface area contributed by atoms with Crippen LogP contribution in [0, 0.1) is 14.4 Å². The highest BCUT2D eigenvalue weighted by Crippen LogP contribution is 2.51. The highest BCUT2D eigenvalue weighted by molar-refractivity contribution is 14.1. The van der Waals surface area contributed by atoms with Gasteiger partial charge in [-0.1, -0.05) is 41.5 Å². The molecule has 0 aromatic heterocycles. The minimum atomic E-state index is -2.07. The lowest BCUT2D eigenvalue weighted by Gasteiger charge is -2.40. The molecule has 4 amide bonds. The third-order valence-corrected chi connectivity index (χ3v) is 7.28. The maximum atomic E-state index is 13.7. The zero-order chi connectivity index (χ0) is 26.2. The van der Waals surface area contributed by atoms with Gasteiger partial charge in [-0.15, -0.1) is 0 Å². The molecule has 2 aliphatic heterocycles. The maximum Gasteiger partial charge on any atom is 0.333 e. The molecule has 3 aliphatic rings. The van der Waals surface area contributed by atoms with Crippen LogP contribution in [-0.2, 0) is 14.4 Å². The first-order valence-electron chi connectivity index (χ1n) is 11.3. The lowest BCUT2D eigenvalue weighted by Crippen LogP contribution is -2.68. The molecule has 2 heterocycles. The van der Waals surface area contributed by atoms with Crippen LogP contribution in [0.4, 0.5) is 4.79 Å². The summed E-state index contributed by atoms with van der Waals surface area (Å²) in [6.07, 6.45) is 3.54. The summed E-state index contributed by atoms with van der Waals surface area (Å²) in [7, 11) is 2.68. The Morgan fingerprint density at radius 2 is 1.31 bits per heavy atom. The molecule has 1 aromatic carbocycles. The second kappa shape index (κ2) is 7.88. The number of urea groups is 1. The standard InChI is InChI=1S/C27H29IN2O5/c1-25(2,3)17-11-14(12-18(21(17)31)26(4,5)6)20-16-13-15(28)9-10-19(16)35-27(20)22(32)29(7)24(34)30(8)23(27)33/h9-13H,1-8H3. The number of amides is 4. The molecular weight excluding hydrogens is 559 g/mol. The third-order valence-electron chi connectivity index (χ3n) is 6.61. The van der Waals surface area contributed by atoms with Gasteiger partial charge in [0, 0.05) is 39.9 Å². The molecule has 1 spiro atoms. The first kappa shape index (κ1) is 25.3. The first-order chi connectivity index (χ1) is 16.0. The Hall–Kier alpha value is -2.75. The van der Waals surface area contributed by atoms with Crippen molar-refractivity contribution in [2.75, 3.05) is 14.1 Å². The van der Waals surface area contributed by atoms with Gasteiger partial charge in [0.25, 0.3) is 17.4 Å². The lowest BCUT2D eigenvalue weighted by atomic mass is 9.70. The van der Waals surface area contributed by atoms with Gasteiger partial charge in [0.1, 0.15) is 5.75 Å². The van der Waals surface area contributed by atoms with Gasteiger partial charge in [-0.3, -0.25) is 24.2 Å². The number of carbonyl (C=O) groups excluding carboxylic acids is 4. The topological polar surface area (TPSA) is 84.0 Å². The highest BCUT2D eigenvalue weighted by atomic mass is 127. The quantitative estimate of drug-likeness (QED) is 0.323. The molecule has 0 unspecified atom stereocenters. The van der Waals surface area contributed by atoms with E-state index in [4.69, 9.17) is 4.74 Å². The molecule has 1 aliphatic carbocycles. The number of rotatable bonds is 0. The van der Waals surface area contributed by atoms with Crippen LogP contribution in [0.15, 0.2) is 47.1 Å². The smallest absolute Gasteiger partial charge is 0.333 e. The number of fused-ring (bicyclic) bond motifs is 1. The molecule has 7 nitrogen and oxygen atoms in total. The summed E-state index contributed by atoms with van der Waals surface area (Å²) >= 11 is 2.16. The number of carbonyl (C=O) groups is 4. The van der Waals surface area contributed by atoms with Crippen LogP contribution < -0.4 is 4.74 Å². The molecule has 35 heavy (non-hydrogen) atoms. The van der Waals surface area contributed by atoms with E-state index in [1.54, 1.807) is 18.2 Å². The van der Waals surface area contributed by atoms with Gasteiger partial charge in [-0.2, -0.15) is 0 Å². The predicted molar refractivity (Wildman–Crippen MR) is 140 cm³/mol. The maximum absolute atomic E-state index is 13.7. The summed E-state index contributed by atoms with van der Waals surface area (Å²) in [6.45, 7) is 11.7. The number of allylic oxidation sites excluding steroid dienone is 5. The van der Waals surface area contributed by atoms with Crippen LogP contribution in [0.25, 0.3) is 5.57 Å².